The molecule has 0 radical (unpaired) electrons. The molecule has 0 saturated heterocycles. The van der Waals surface area contributed by atoms with Crippen LogP contribution in [0.2, 0.25) is 0 Å². The lowest BCUT2D eigenvalue weighted by Crippen LogP contribution is -2.19. The molecule has 0 saturated carbocycles. The summed E-state index contributed by atoms with van der Waals surface area (Å²) in [6.45, 7) is 5.77. The summed E-state index contributed by atoms with van der Waals surface area (Å²) in [6.07, 6.45) is 15.0. The summed E-state index contributed by atoms with van der Waals surface area (Å²) in [5.74, 6) is 0. The minimum absolute atomic E-state index is 0.630. The van der Waals surface area contributed by atoms with Gasteiger partial charge in [0.25, 0.3) is 0 Å². The highest BCUT2D eigenvalue weighted by atomic mass is 15.0. The molecule has 0 spiro atoms. The monoisotopic (exact) mass is 194 g/mol. The van der Waals surface area contributed by atoms with Gasteiger partial charge in [0.2, 0.25) is 0 Å². The quantitative estimate of drug-likeness (QED) is 0.432. The smallest absolute Gasteiger partial charge is 0.168 e. The summed E-state index contributed by atoms with van der Waals surface area (Å²) in [4.78, 5) is 0. The Morgan fingerprint density at radius 1 is 1.07 bits per heavy atom. The molecule has 1 atom stereocenters. The third-order valence-electron chi connectivity index (χ3n) is 2.96. The van der Waals surface area contributed by atoms with E-state index in [1.54, 1.807) is 0 Å². The number of hydrogen-bond acceptors (Lipinski definition) is 0. The zero-order valence-electron chi connectivity index (χ0n) is 9.71. The van der Waals surface area contributed by atoms with E-state index in [0.29, 0.717) is 6.04 Å². The first kappa shape index (κ1) is 11.5. The van der Waals surface area contributed by atoms with Gasteiger partial charge in [0.05, 0.1) is 0 Å². The molecular formula is C13H24N+. The molecule has 0 N–H and O–H groups in total. The van der Waals surface area contributed by atoms with Crippen LogP contribution < -0.4 is 0 Å². The molecule has 0 fully saturated rings. The van der Waals surface area contributed by atoms with E-state index in [1.807, 2.05) is 0 Å². The van der Waals surface area contributed by atoms with Gasteiger partial charge < -0.3 is 0 Å². The standard InChI is InChI=1S/C13H24N/c1-3-4-5-6-7-8-11-14-12-9-10-13(14)2/h9-10,12-13H,3-8,11H2,1-2H3/q+1. The summed E-state index contributed by atoms with van der Waals surface area (Å²) in [6, 6.07) is 0.630. The highest BCUT2D eigenvalue weighted by Crippen LogP contribution is 2.06. The van der Waals surface area contributed by atoms with Crippen molar-refractivity contribution < 1.29 is 4.58 Å². The van der Waals surface area contributed by atoms with E-state index in [1.165, 1.54) is 45.1 Å². The fourth-order valence-corrected chi connectivity index (χ4v) is 1.92. The molecule has 0 amide bonds. The summed E-state index contributed by atoms with van der Waals surface area (Å²) in [7, 11) is 0. The van der Waals surface area contributed by atoms with Crippen molar-refractivity contribution in [3.8, 4) is 0 Å². The molecule has 0 aliphatic carbocycles. The molecule has 80 valence electrons. The Kier molecular flexibility index (Phi) is 5.58. The molecule has 1 nitrogen and oxygen atoms in total. The highest BCUT2D eigenvalue weighted by molar-refractivity contribution is 5.68. The highest BCUT2D eigenvalue weighted by Gasteiger charge is 2.14. The third kappa shape index (κ3) is 4.08. The zero-order valence-corrected chi connectivity index (χ0v) is 9.71. The average molecular weight is 194 g/mol. The molecule has 0 aromatic carbocycles. The summed E-state index contributed by atoms with van der Waals surface area (Å²) >= 11 is 0. The van der Waals surface area contributed by atoms with Gasteiger partial charge in [-0.05, 0) is 12.5 Å². The normalized spacial score (nSPS) is 20.1. The van der Waals surface area contributed by atoms with Crippen molar-refractivity contribution in [2.24, 2.45) is 0 Å². The second-order valence-electron chi connectivity index (χ2n) is 4.28. The van der Waals surface area contributed by atoms with Gasteiger partial charge in [-0.1, -0.05) is 32.6 Å². The second kappa shape index (κ2) is 6.80. The average Bonchev–Trinajstić information content (AvgIpc) is 2.58. The van der Waals surface area contributed by atoms with Crippen molar-refractivity contribution >= 4 is 6.21 Å². The molecule has 0 bridgehead atoms. The van der Waals surface area contributed by atoms with Crippen LogP contribution in [0.25, 0.3) is 0 Å². The first-order valence-electron chi connectivity index (χ1n) is 6.12. The Hall–Kier alpha value is -0.590. The van der Waals surface area contributed by atoms with E-state index in [2.05, 4.69) is 36.8 Å². The fourth-order valence-electron chi connectivity index (χ4n) is 1.92. The van der Waals surface area contributed by atoms with Gasteiger partial charge in [0.15, 0.2) is 12.3 Å². The predicted molar refractivity (Wildman–Crippen MR) is 63.2 cm³/mol. The van der Waals surface area contributed by atoms with E-state index in [0.717, 1.165) is 0 Å². The van der Waals surface area contributed by atoms with Gasteiger partial charge in [-0.3, -0.25) is 0 Å². The van der Waals surface area contributed by atoms with Crippen molar-refractivity contribution in [2.75, 3.05) is 6.54 Å². The largest absolute Gasteiger partial charge is 0.230 e. The van der Waals surface area contributed by atoms with Gasteiger partial charge in [-0.25, -0.2) is 4.58 Å². The third-order valence-corrected chi connectivity index (χ3v) is 2.96. The van der Waals surface area contributed by atoms with Crippen LogP contribution in [-0.2, 0) is 0 Å². The number of hydrogen-bond donors (Lipinski definition) is 0. The first-order chi connectivity index (χ1) is 6.84. The molecule has 0 aromatic rings. The van der Waals surface area contributed by atoms with Crippen LogP contribution in [0.5, 0.6) is 0 Å². The van der Waals surface area contributed by atoms with Crippen molar-refractivity contribution in [2.45, 2.75) is 58.4 Å². The van der Waals surface area contributed by atoms with Gasteiger partial charge in [-0.2, -0.15) is 0 Å². The van der Waals surface area contributed by atoms with Gasteiger partial charge in [-0.15, -0.1) is 0 Å². The van der Waals surface area contributed by atoms with E-state index in [9.17, 15) is 0 Å². The van der Waals surface area contributed by atoms with Crippen LogP contribution in [-0.4, -0.2) is 23.4 Å². The summed E-state index contributed by atoms with van der Waals surface area (Å²) in [5.41, 5.74) is 0. The molecule has 0 aromatic heterocycles. The maximum atomic E-state index is 2.43. The van der Waals surface area contributed by atoms with E-state index in [-0.39, 0.29) is 0 Å². The van der Waals surface area contributed by atoms with Crippen LogP contribution in [0.3, 0.4) is 0 Å². The zero-order chi connectivity index (χ0) is 10.2. The fraction of sp³-hybridized carbons (Fsp3) is 0.769. The predicted octanol–water partition coefficient (Wildman–Crippen LogP) is 3.39. The van der Waals surface area contributed by atoms with E-state index in [4.69, 9.17) is 0 Å². The van der Waals surface area contributed by atoms with Crippen LogP contribution >= 0.6 is 0 Å². The van der Waals surface area contributed by atoms with Gasteiger partial charge in [0, 0.05) is 19.4 Å². The van der Waals surface area contributed by atoms with Crippen molar-refractivity contribution in [3.63, 3.8) is 0 Å². The van der Waals surface area contributed by atoms with Crippen LogP contribution in [0.4, 0.5) is 0 Å². The first-order valence-corrected chi connectivity index (χ1v) is 6.12. The van der Waals surface area contributed by atoms with Crippen LogP contribution in [0.15, 0.2) is 12.2 Å². The lowest BCUT2D eigenvalue weighted by Gasteiger charge is -2.04. The topological polar surface area (TPSA) is 3.01 Å². The summed E-state index contributed by atoms with van der Waals surface area (Å²) < 4.78 is 2.43. The Morgan fingerprint density at radius 2 is 1.79 bits per heavy atom. The summed E-state index contributed by atoms with van der Waals surface area (Å²) in [5, 5.41) is 0. The molecule has 1 aliphatic rings. The molecule has 1 heterocycles. The Bertz CT molecular complexity index is 203. The van der Waals surface area contributed by atoms with Crippen molar-refractivity contribution in [1.29, 1.82) is 0 Å². The molecule has 1 heteroatoms. The number of nitrogens with zero attached hydrogens (tertiary/aromatic N) is 1. The van der Waals surface area contributed by atoms with Crippen LogP contribution in [0.1, 0.15) is 52.4 Å². The molecule has 1 unspecified atom stereocenters. The molecule has 14 heavy (non-hydrogen) atoms. The minimum atomic E-state index is 0.630. The Labute approximate surface area is 88.5 Å². The molecule has 1 aliphatic heterocycles. The number of allylic oxidation sites excluding steroid dienone is 1. The maximum Gasteiger partial charge on any atom is 0.168 e. The lowest BCUT2D eigenvalue weighted by molar-refractivity contribution is -0.543. The number of unbranched alkanes of at least 4 members (excludes halogenated alkanes) is 5. The molecular weight excluding hydrogens is 170 g/mol. The maximum absolute atomic E-state index is 2.43. The van der Waals surface area contributed by atoms with E-state index < -0.39 is 0 Å². The Balaban J connectivity index is 1.94. The van der Waals surface area contributed by atoms with Crippen LogP contribution in [0, 0.1) is 0 Å². The number of rotatable bonds is 7. The lowest BCUT2D eigenvalue weighted by atomic mass is 10.1. The van der Waals surface area contributed by atoms with Gasteiger partial charge >= 0.3 is 0 Å². The Morgan fingerprint density at radius 3 is 2.43 bits per heavy atom. The SMILES string of the molecule is CCCCCCCC[N+]1=CC=CC1C. The van der Waals surface area contributed by atoms with Crippen molar-refractivity contribution in [1.82, 2.24) is 0 Å². The minimum Gasteiger partial charge on any atom is -0.230 e. The van der Waals surface area contributed by atoms with Gasteiger partial charge in [0.1, 0.15) is 6.54 Å². The molecule has 1 rings (SSSR count). The van der Waals surface area contributed by atoms with E-state index >= 15 is 0 Å². The second-order valence-corrected chi connectivity index (χ2v) is 4.28. The van der Waals surface area contributed by atoms with Crippen molar-refractivity contribution in [3.05, 3.63) is 12.2 Å².